The number of hydrogen-bond donors (Lipinski definition) is 2. The highest BCUT2D eigenvalue weighted by Crippen LogP contribution is 1.99. The lowest BCUT2D eigenvalue weighted by Crippen LogP contribution is -2.35. The zero-order valence-corrected chi connectivity index (χ0v) is 13.5. The molecule has 2 N–H and O–H groups in total. The van der Waals surface area contributed by atoms with E-state index in [0.29, 0.717) is 12.1 Å². The summed E-state index contributed by atoms with van der Waals surface area (Å²) in [6.45, 7) is 19.1. The van der Waals surface area contributed by atoms with Crippen LogP contribution in [-0.4, -0.2) is 37.0 Å². The molecule has 0 saturated carbocycles. The third-order valence-corrected chi connectivity index (χ3v) is 2.83. The predicted molar refractivity (Wildman–Crippen MR) is 83.9 cm³/mol. The normalized spacial score (nSPS) is 11.1. The number of rotatable bonds is 8. The molecule has 0 aromatic rings. The molecular weight excluding hydrogens is 238 g/mol. The van der Waals surface area contributed by atoms with E-state index in [-0.39, 0.29) is 5.91 Å². The lowest BCUT2D eigenvalue weighted by molar-refractivity contribution is -0.117. The summed E-state index contributed by atoms with van der Waals surface area (Å²) in [4.78, 5) is 14.0. The van der Waals surface area contributed by atoms with Crippen LogP contribution in [0.3, 0.4) is 0 Å². The number of hydrogen-bond acceptors (Lipinski definition) is 3. The highest BCUT2D eigenvalue weighted by molar-refractivity contribution is 5.93. The van der Waals surface area contributed by atoms with Gasteiger partial charge in [0, 0.05) is 24.4 Å². The van der Waals surface area contributed by atoms with Crippen LogP contribution in [0.4, 0.5) is 0 Å². The third-order valence-electron chi connectivity index (χ3n) is 2.83. The van der Waals surface area contributed by atoms with Crippen molar-refractivity contribution in [3.63, 3.8) is 0 Å². The smallest absolute Gasteiger partial charge is 0.248 e. The zero-order chi connectivity index (χ0) is 15.3. The molecule has 0 saturated heterocycles. The minimum Gasteiger partial charge on any atom is -0.365 e. The molecule has 4 nitrogen and oxygen atoms in total. The lowest BCUT2D eigenvalue weighted by atomic mass is 10.2. The molecule has 0 aliphatic heterocycles. The Morgan fingerprint density at radius 2 is 1.74 bits per heavy atom. The van der Waals surface area contributed by atoms with E-state index in [9.17, 15) is 4.79 Å². The fraction of sp³-hybridized carbons (Fsp3) is 0.667. The molecule has 0 aliphatic carbocycles. The van der Waals surface area contributed by atoms with E-state index in [1.807, 2.05) is 20.8 Å². The van der Waals surface area contributed by atoms with Gasteiger partial charge in [-0.2, -0.15) is 0 Å². The molecule has 0 aliphatic rings. The van der Waals surface area contributed by atoms with Crippen LogP contribution in [0.15, 0.2) is 24.0 Å². The van der Waals surface area contributed by atoms with Gasteiger partial charge in [-0.1, -0.05) is 34.3 Å². The molecule has 0 atom stereocenters. The molecule has 0 heterocycles. The Balaban J connectivity index is 0. The Labute approximate surface area is 118 Å². The van der Waals surface area contributed by atoms with Crippen molar-refractivity contribution in [1.82, 2.24) is 15.5 Å². The lowest BCUT2D eigenvalue weighted by Gasteiger charge is -2.18. The summed E-state index contributed by atoms with van der Waals surface area (Å²) in [5.41, 5.74) is 1.53. The van der Waals surface area contributed by atoms with E-state index in [1.165, 1.54) is 0 Å². The predicted octanol–water partition coefficient (Wildman–Crippen LogP) is 2.50. The van der Waals surface area contributed by atoms with E-state index < -0.39 is 0 Å². The molecule has 0 radical (unpaired) electrons. The number of amides is 1. The topological polar surface area (TPSA) is 44.4 Å². The number of nitrogens with one attached hydrogen (secondary N) is 2. The summed E-state index contributed by atoms with van der Waals surface area (Å²) in [6, 6.07) is 0. The highest BCUT2D eigenvalue weighted by atomic mass is 16.1. The van der Waals surface area contributed by atoms with Crippen LogP contribution >= 0.6 is 0 Å². The maximum atomic E-state index is 11.8. The number of carbonyl (C=O) groups is 1. The number of nitrogens with zero attached hydrogens (tertiary/aromatic N) is 1. The first-order chi connectivity index (χ1) is 9.06. The highest BCUT2D eigenvalue weighted by Gasteiger charge is 2.07. The van der Waals surface area contributed by atoms with Crippen molar-refractivity contribution in [2.45, 2.75) is 41.5 Å². The fourth-order valence-electron chi connectivity index (χ4n) is 1.43. The maximum absolute atomic E-state index is 11.8. The molecule has 112 valence electrons. The van der Waals surface area contributed by atoms with Crippen LogP contribution in [0, 0.1) is 0 Å². The van der Waals surface area contributed by atoms with Gasteiger partial charge in [0.2, 0.25) is 5.91 Å². The average Bonchev–Trinajstić information content (AvgIpc) is 2.45. The van der Waals surface area contributed by atoms with Crippen molar-refractivity contribution in [3.05, 3.63) is 24.0 Å². The molecule has 1 amide bonds. The first-order valence-electron chi connectivity index (χ1n) is 7.12. The van der Waals surface area contributed by atoms with Gasteiger partial charge in [-0.25, -0.2) is 0 Å². The van der Waals surface area contributed by atoms with Gasteiger partial charge in [0.15, 0.2) is 0 Å². The first-order valence-corrected chi connectivity index (χ1v) is 7.12. The Morgan fingerprint density at radius 1 is 1.21 bits per heavy atom. The van der Waals surface area contributed by atoms with Crippen LogP contribution in [-0.2, 0) is 4.79 Å². The molecular formula is C15H31N3O. The Bertz CT molecular complexity index is 281. The van der Waals surface area contributed by atoms with Gasteiger partial charge in [-0.15, -0.1) is 0 Å². The molecule has 4 heteroatoms. The summed E-state index contributed by atoms with van der Waals surface area (Å²) in [7, 11) is 0. The standard InChI is InChI=1S/C13H25N3O.C2H6/c1-6-14-12(5)11(4)13(17)15-9-10-16(7-2)8-3;1-2/h6,14H,1,7-10H2,2-5H3,(H,15,17);1-2H3/b12-11+;. The Morgan fingerprint density at radius 3 is 2.16 bits per heavy atom. The SMILES string of the molecule is C=CN/C(C)=C(\C)C(=O)NCCN(CC)CC.CC. The summed E-state index contributed by atoms with van der Waals surface area (Å²) >= 11 is 0. The van der Waals surface area contributed by atoms with E-state index in [0.717, 1.165) is 25.3 Å². The quantitative estimate of drug-likeness (QED) is 0.665. The summed E-state index contributed by atoms with van der Waals surface area (Å²) in [5, 5.41) is 5.83. The Hall–Kier alpha value is -1.29. The number of likely N-dealkylation sites (N-methyl/N-ethyl adjacent to an activating group) is 1. The van der Waals surface area contributed by atoms with Gasteiger partial charge < -0.3 is 15.5 Å². The van der Waals surface area contributed by atoms with E-state index in [1.54, 1.807) is 13.1 Å². The second kappa shape index (κ2) is 13.1. The van der Waals surface area contributed by atoms with Crippen LogP contribution in [0.1, 0.15) is 41.5 Å². The van der Waals surface area contributed by atoms with Crippen molar-refractivity contribution in [2.24, 2.45) is 0 Å². The Kier molecular flexibility index (Phi) is 13.9. The van der Waals surface area contributed by atoms with Crippen molar-refractivity contribution >= 4 is 5.91 Å². The van der Waals surface area contributed by atoms with E-state index in [2.05, 4.69) is 36.0 Å². The molecule has 0 fully saturated rings. The van der Waals surface area contributed by atoms with Crippen LogP contribution in [0.2, 0.25) is 0 Å². The number of allylic oxidation sites excluding steroid dienone is 1. The van der Waals surface area contributed by atoms with Gasteiger partial charge in [-0.05, 0) is 33.1 Å². The minimum atomic E-state index is -0.0241. The van der Waals surface area contributed by atoms with E-state index in [4.69, 9.17) is 0 Å². The largest absolute Gasteiger partial charge is 0.365 e. The van der Waals surface area contributed by atoms with Gasteiger partial charge in [-0.3, -0.25) is 4.79 Å². The van der Waals surface area contributed by atoms with Gasteiger partial charge in [0.05, 0.1) is 0 Å². The fourth-order valence-corrected chi connectivity index (χ4v) is 1.43. The van der Waals surface area contributed by atoms with Crippen molar-refractivity contribution in [2.75, 3.05) is 26.2 Å². The molecule has 0 aromatic carbocycles. The van der Waals surface area contributed by atoms with Crippen LogP contribution < -0.4 is 10.6 Å². The molecule has 0 aromatic heterocycles. The molecule has 19 heavy (non-hydrogen) atoms. The van der Waals surface area contributed by atoms with Gasteiger partial charge in [0.25, 0.3) is 0 Å². The van der Waals surface area contributed by atoms with Gasteiger partial charge >= 0.3 is 0 Å². The number of carbonyl (C=O) groups excluding carboxylic acids is 1. The van der Waals surface area contributed by atoms with Crippen LogP contribution in [0.25, 0.3) is 0 Å². The van der Waals surface area contributed by atoms with Crippen molar-refractivity contribution in [3.8, 4) is 0 Å². The zero-order valence-electron chi connectivity index (χ0n) is 13.5. The second-order valence-electron chi connectivity index (χ2n) is 3.88. The maximum Gasteiger partial charge on any atom is 0.248 e. The second-order valence-corrected chi connectivity index (χ2v) is 3.88. The van der Waals surface area contributed by atoms with Crippen molar-refractivity contribution in [1.29, 1.82) is 0 Å². The summed E-state index contributed by atoms with van der Waals surface area (Å²) in [6.07, 6.45) is 1.57. The van der Waals surface area contributed by atoms with Crippen molar-refractivity contribution < 1.29 is 4.79 Å². The molecule has 0 unspecified atom stereocenters. The first kappa shape index (κ1) is 20.0. The molecule has 0 bridgehead atoms. The third kappa shape index (κ3) is 9.31. The average molecular weight is 269 g/mol. The summed E-state index contributed by atoms with van der Waals surface area (Å²) < 4.78 is 0. The van der Waals surface area contributed by atoms with Gasteiger partial charge in [0.1, 0.15) is 0 Å². The van der Waals surface area contributed by atoms with Crippen LogP contribution in [0.5, 0.6) is 0 Å². The summed E-state index contributed by atoms with van der Waals surface area (Å²) in [5.74, 6) is -0.0241. The minimum absolute atomic E-state index is 0.0241. The molecule has 0 spiro atoms. The molecule has 0 rings (SSSR count). The monoisotopic (exact) mass is 269 g/mol. The van der Waals surface area contributed by atoms with E-state index >= 15 is 0 Å².